The van der Waals surface area contributed by atoms with Gasteiger partial charge in [-0.3, -0.25) is 0 Å². The van der Waals surface area contributed by atoms with Crippen LogP contribution in [0.1, 0.15) is 10.4 Å². The zero-order valence-corrected chi connectivity index (χ0v) is 15.4. The van der Waals surface area contributed by atoms with Crippen LogP contribution in [0.25, 0.3) is 21.1 Å². The van der Waals surface area contributed by atoms with Crippen molar-refractivity contribution in [3.8, 4) is 0 Å². The number of ether oxygens (including phenoxy) is 1. The number of rotatable bonds is 3. The molecule has 0 radical (unpaired) electrons. The Morgan fingerprint density at radius 1 is 1.27 bits per heavy atom. The third-order valence-electron chi connectivity index (χ3n) is 5.06. The lowest BCUT2D eigenvalue weighted by molar-refractivity contribution is 0.0939. The van der Waals surface area contributed by atoms with E-state index in [0.717, 1.165) is 35.6 Å². The second-order valence-corrected chi connectivity index (χ2v) is 7.99. The number of aromatic nitrogens is 3. The summed E-state index contributed by atoms with van der Waals surface area (Å²) >= 11 is 1.72. The fourth-order valence-corrected chi connectivity index (χ4v) is 4.69. The zero-order chi connectivity index (χ0) is 17.5. The number of aryl methyl sites for hydroxylation is 1. The number of thiophene rings is 1. The Balaban J connectivity index is 1.52. The van der Waals surface area contributed by atoms with Gasteiger partial charge in [-0.2, -0.15) is 0 Å². The third-order valence-corrected chi connectivity index (χ3v) is 6.02. The second kappa shape index (κ2) is 6.37. The maximum atomic E-state index is 5.82. The number of aromatic amines is 1. The van der Waals surface area contributed by atoms with Gasteiger partial charge in [0.15, 0.2) is 0 Å². The van der Waals surface area contributed by atoms with E-state index in [-0.39, 0.29) is 6.04 Å². The van der Waals surface area contributed by atoms with Crippen LogP contribution >= 0.6 is 11.3 Å². The average Bonchev–Trinajstić information content (AvgIpc) is 3.25. The minimum absolute atomic E-state index is 0.265. The molecule has 4 aromatic rings. The largest absolute Gasteiger partial charge is 0.377 e. The van der Waals surface area contributed by atoms with Gasteiger partial charge in [0.2, 0.25) is 0 Å². The van der Waals surface area contributed by atoms with Gasteiger partial charge >= 0.3 is 0 Å². The first-order chi connectivity index (χ1) is 12.8. The van der Waals surface area contributed by atoms with Crippen molar-refractivity contribution in [1.82, 2.24) is 15.0 Å². The van der Waals surface area contributed by atoms with Crippen molar-refractivity contribution in [2.75, 3.05) is 24.7 Å². The van der Waals surface area contributed by atoms with Crippen LogP contribution in [-0.2, 0) is 11.2 Å². The molecule has 1 aromatic carbocycles. The number of H-pyrrole nitrogens is 1. The van der Waals surface area contributed by atoms with Gasteiger partial charge in [-0.05, 0) is 31.0 Å². The molecule has 3 aromatic heterocycles. The molecule has 0 aliphatic carbocycles. The summed E-state index contributed by atoms with van der Waals surface area (Å²) in [4.78, 5) is 17.2. The SMILES string of the molecule is Cc1cc2c(N3CCOCC3Cc3c[nH]c4ccccc34)ncnc2s1. The molecule has 0 bridgehead atoms. The van der Waals surface area contributed by atoms with Crippen LogP contribution in [0.2, 0.25) is 0 Å². The number of hydrogen-bond acceptors (Lipinski definition) is 5. The highest BCUT2D eigenvalue weighted by atomic mass is 32.1. The Morgan fingerprint density at radius 2 is 2.19 bits per heavy atom. The topological polar surface area (TPSA) is 54.0 Å². The number of fused-ring (bicyclic) bond motifs is 2. The van der Waals surface area contributed by atoms with E-state index < -0.39 is 0 Å². The van der Waals surface area contributed by atoms with Crippen molar-refractivity contribution < 1.29 is 4.74 Å². The zero-order valence-electron chi connectivity index (χ0n) is 14.6. The van der Waals surface area contributed by atoms with Crippen molar-refractivity contribution in [2.45, 2.75) is 19.4 Å². The van der Waals surface area contributed by atoms with E-state index in [4.69, 9.17) is 4.74 Å². The Bertz CT molecular complexity index is 1070. The Kier molecular flexibility index (Phi) is 3.87. The highest BCUT2D eigenvalue weighted by Gasteiger charge is 2.27. The first-order valence-electron chi connectivity index (χ1n) is 8.90. The summed E-state index contributed by atoms with van der Waals surface area (Å²) in [6, 6.07) is 10.9. The molecule has 1 aliphatic rings. The molecule has 6 heteroatoms. The Morgan fingerprint density at radius 3 is 3.15 bits per heavy atom. The van der Waals surface area contributed by atoms with Crippen molar-refractivity contribution in [3.05, 3.63) is 53.3 Å². The van der Waals surface area contributed by atoms with Gasteiger partial charge < -0.3 is 14.6 Å². The van der Waals surface area contributed by atoms with Crippen LogP contribution in [0.4, 0.5) is 5.82 Å². The molecular weight excluding hydrogens is 344 g/mol. The molecule has 0 saturated carbocycles. The smallest absolute Gasteiger partial charge is 0.141 e. The van der Waals surface area contributed by atoms with Crippen molar-refractivity contribution in [3.63, 3.8) is 0 Å². The quantitative estimate of drug-likeness (QED) is 0.598. The van der Waals surface area contributed by atoms with Gasteiger partial charge in [0.25, 0.3) is 0 Å². The van der Waals surface area contributed by atoms with Crippen LogP contribution in [0.5, 0.6) is 0 Å². The first-order valence-corrected chi connectivity index (χ1v) is 9.72. The fourth-order valence-electron chi connectivity index (χ4n) is 3.85. The number of benzene rings is 1. The van der Waals surface area contributed by atoms with Crippen LogP contribution in [0, 0.1) is 6.92 Å². The Hall–Kier alpha value is -2.44. The molecule has 5 nitrogen and oxygen atoms in total. The number of para-hydroxylation sites is 1. The van der Waals surface area contributed by atoms with Crippen LogP contribution < -0.4 is 4.90 Å². The average molecular weight is 364 g/mol. The van der Waals surface area contributed by atoms with Crippen LogP contribution in [0.15, 0.2) is 42.9 Å². The lowest BCUT2D eigenvalue weighted by Gasteiger charge is -2.36. The van der Waals surface area contributed by atoms with Gasteiger partial charge in [-0.25, -0.2) is 9.97 Å². The summed E-state index contributed by atoms with van der Waals surface area (Å²) in [5.74, 6) is 1.03. The van der Waals surface area contributed by atoms with Crippen molar-refractivity contribution in [1.29, 1.82) is 0 Å². The summed E-state index contributed by atoms with van der Waals surface area (Å²) in [6.07, 6.45) is 4.74. The Labute approximate surface area is 155 Å². The maximum Gasteiger partial charge on any atom is 0.141 e. The fraction of sp³-hybridized carbons (Fsp3) is 0.300. The van der Waals surface area contributed by atoms with Crippen LogP contribution in [-0.4, -0.2) is 40.8 Å². The lowest BCUT2D eigenvalue weighted by Crippen LogP contribution is -2.47. The minimum Gasteiger partial charge on any atom is -0.377 e. The molecule has 1 aliphatic heterocycles. The molecule has 5 rings (SSSR count). The highest BCUT2D eigenvalue weighted by Crippen LogP contribution is 2.32. The first kappa shape index (κ1) is 15.8. The monoisotopic (exact) mass is 364 g/mol. The van der Waals surface area contributed by atoms with Gasteiger partial charge in [0.05, 0.1) is 24.6 Å². The molecule has 0 amide bonds. The number of hydrogen-bond donors (Lipinski definition) is 1. The molecule has 4 heterocycles. The second-order valence-electron chi connectivity index (χ2n) is 6.76. The van der Waals surface area contributed by atoms with E-state index in [0.29, 0.717) is 6.61 Å². The predicted octanol–water partition coefficient (Wildman–Crippen LogP) is 3.93. The van der Waals surface area contributed by atoms with E-state index >= 15 is 0 Å². The molecule has 1 saturated heterocycles. The van der Waals surface area contributed by atoms with E-state index in [1.54, 1.807) is 17.7 Å². The molecule has 1 unspecified atom stereocenters. The summed E-state index contributed by atoms with van der Waals surface area (Å²) < 4.78 is 5.82. The number of morpholine rings is 1. The van der Waals surface area contributed by atoms with E-state index in [9.17, 15) is 0 Å². The molecular formula is C20H20N4OS. The van der Waals surface area contributed by atoms with Crippen molar-refractivity contribution >= 4 is 38.3 Å². The molecule has 1 atom stereocenters. The van der Waals surface area contributed by atoms with Gasteiger partial charge in [0.1, 0.15) is 17.0 Å². The van der Waals surface area contributed by atoms with E-state index in [2.05, 4.69) is 63.3 Å². The van der Waals surface area contributed by atoms with Crippen LogP contribution in [0.3, 0.4) is 0 Å². The number of anilines is 1. The molecule has 0 spiro atoms. The summed E-state index contributed by atoms with van der Waals surface area (Å²) in [5.41, 5.74) is 2.51. The molecule has 1 N–H and O–H groups in total. The highest BCUT2D eigenvalue weighted by molar-refractivity contribution is 7.18. The van der Waals surface area contributed by atoms with E-state index in [1.807, 2.05) is 0 Å². The summed E-state index contributed by atoms with van der Waals surface area (Å²) in [7, 11) is 0. The normalized spacial score (nSPS) is 18.0. The summed E-state index contributed by atoms with van der Waals surface area (Å²) in [6.45, 7) is 4.43. The lowest BCUT2D eigenvalue weighted by atomic mass is 10.0. The standard InChI is InChI=1S/C20H20N4OS/c1-13-8-17-19(22-12-23-20(17)26-13)24-6-7-25-11-15(24)9-14-10-21-18-5-3-2-4-16(14)18/h2-5,8,10,12,15,21H,6-7,9,11H2,1H3. The number of nitrogens with zero attached hydrogens (tertiary/aromatic N) is 3. The van der Waals surface area contributed by atoms with Gasteiger partial charge in [0, 0.05) is 28.5 Å². The molecule has 1 fully saturated rings. The minimum atomic E-state index is 0.265. The predicted molar refractivity (Wildman–Crippen MR) is 106 cm³/mol. The van der Waals surface area contributed by atoms with E-state index in [1.165, 1.54) is 21.3 Å². The van der Waals surface area contributed by atoms with Crippen molar-refractivity contribution in [2.24, 2.45) is 0 Å². The molecule has 26 heavy (non-hydrogen) atoms. The molecule has 132 valence electrons. The summed E-state index contributed by atoms with van der Waals surface area (Å²) in [5, 5.41) is 2.44. The third kappa shape index (κ3) is 2.66. The van der Waals surface area contributed by atoms with Gasteiger partial charge in [-0.15, -0.1) is 11.3 Å². The number of nitrogens with one attached hydrogen (secondary N) is 1. The van der Waals surface area contributed by atoms with Gasteiger partial charge in [-0.1, -0.05) is 18.2 Å². The maximum absolute atomic E-state index is 5.82.